The fraction of sp³-hybridized carbons (Fsp3) is 0.545. The predicted molar refractivity (Wildman–Crippen MR) is 115 cm³/mol. The molecule has 1 heterocycles. The lowest BCUT2D eigenvalue weighted by Gasteiger charge is -2.29. The summed E-state index contributed by atoms with van der Waals surface area (Å²) in [7, 11) is 1.48. The van der Waals surface area contributed by atoms with Crippen molar-refractivity contribution in [2.75, 3.05) is 14.1 Å². The quantitative estimate of drug-likeness (QED) is 0.706. The second-order valence-electron chi connectivity index (χ2n) is 8.53. The molecule has 1 saturated carbocycles. The third-order valence-electron chi connectivity index (χ3n) is 6.42. The van der Waals surface area contributed by atoms with E-state index in [1.165, 1.54) is 41.8 Å². The van der Waals surface area contributed by atoms with Gasteiger partial charge in [0.2, 0.25) is 10.0 Å². The van der Waals surface area contributed by atoms with E-state index < -0.39 is 10.0 Å². The predicted octanol–water partition coefficient (Wildman–Crippen LogP) is 2.74. The fourth-order valence-corrected chi connectivity index (χ4v) is 5.62. The van der Waals surface area contributed by atoms with Gasteiger partial charge in [0.25, 0.3) is 5.91 Å². The molecular weight excluding hydrogens is 400 g/mol. The van der Waals surface area contributed by atoms with Crippen LogP contribution in [-0.4, -0.2) is 53.4 Å². The standard InChI is InChI=1S/C22H30N4O3S/c1-24(2)30(28,29)18-13-11-16(12-14-18)22(27)26(17-7-4-5-8-17)15-20-19-9-6-10-21(19)25(3)23-20/h11-14,17H,4-10,15H2,1-3H3. The zero-order valence-electron chi connectivity index (χ0n) is 18.0. The Bertz CT molecular complexity index is 1040. The van der Waals surface area contributed by atoms with Gasteiger partial charge in [0.1, 0.15) is 0 Å². The molecule has 1 amide bonds. The van der Waals surface area contributed by atoms with Crippen LogP contribution in [0.15, 0.2) is 29.2 Å². The normalized spacial score (nSPS) is 16.9. The lowest BCUT2D eigenvalue weighted by atomic mass is 10.1. The van der Waals surface area contributed by atoms with Gasteiger partial charge in [0.05, 0.1) is 17.1 Å². The molecule has 0 unspecified atom stereocenters. The van der Waals surface area contributed by atoms with Crippen LogP contribution < -0.4 is 0 Å². The highest BCUT2D eigenvalue weighted by Crippen LogP contribution is 2.30. The summed E-state index contributed by atoms with van der Waals surface area (Å²) >= 11 is 0. The first-order valence-electron chi connectivity index (χ1n) is 10.7. The summed E-state index contributed by atoms with van der Waals surface area (Å²) in [5.74, 6) is -0.0481. The number of benzene rings is 1. The van der Waals surface area contributed by atoms with Crippen LogP contribution in [0.5, 0.6) is 0 Å². The van der Waals surface area contributed by atoms with Gasteiger partial charge in [-0.3, -0.25) is 9.48 Å². The molecule has 0 spiro atoms. The molecule has 2 aliphatic carbocycles. The van der Waals surface area contributed by atoms with Crippen molar-refractivity contribution in [1.29, 1.82) is 0 Å². The first kappa shape index (κ1) is 21.1. The minimum atomic E-state index is -3.51. The molecule has 30 heavy (non-hydrogen) atoms. The van der Waals surface area contributed by atoms with E-state index in [0.29, 0.717) is 12.1 Å². The smallest absolute Gasteiger partial charge is 0.254 e. The van der Waals surface area contributed by atoms with E-state index in [9.17, 15) is 13.2 Å². The van der Waals surface area contributed by atoms with Crippen molar-refractivity contribution in [3.05, 3.63) is 46.8 Å². The Labute approximate surface area is 178 Å². The zero-order chi connectivity index (χ0) is 21.5. The van der Waals surface area contributed by atoms with Crippen LogP contribution in [0.2, 0.25) is 0 Å². The number of hydrogen-bond donors (Lipinski definition) is 0. The minimum absolute atomic E-state index is 0.0481. The molecule has 2 aromatic rings. The molecule has 2 aliphatic rings. The Kier molecular flexibility index (Phi) is 5.72. The number of nitrogens with zero attached hydrogens (tertiary/aromatic N) is 4. The zero-order valence-corrected chi connectivity index (χ0v) is 18.8. The van der Waals surface area contributed by atoms with E-state index in [0.717, 1.165) is 50.6 Å². The van der Waals surface area contributed by atoms with Gasteiger partial charge in [0.15, 0.2) is 0 Å². The number of aromatic nitrogens is 2. The second-order valence-corrected chi connectivity index (χ2v) is 10.7. The van der Waals surface area contributed by atoms with Crippen LogP contribution in [0.25, 0.3) is 0 Å². The fourth-order valence-electron chi connectivity index (χ4n) is 4.71. The highest BCUT2D eigenvalue weighted by molar-refractivity contribution is 7.89. The molecule has 162 valence electrons. The van der Waals surface area contributed by atoms with Crippen LogP contribution >= 0.6 is 0 Å². The topological polar surface area (TPSA) is 75.5 Å². The van der Waals surface area contributed by atoms with Crippen molar-refractivity contribution in [2.24, 2.45) is 7.05 Å². The third kappa shape index (κ3) is 3.78. The van der Waals surface area contributed by atoms with Crippen LogP contribution in [0.4, 0.5) is 0 Å². The van der Waals surface area contributed by atoms with Gasteiger partial charge in [-0.15, -0.1) is 0 Å². The van der Waals surface area contributed by atoms with Crippen molar-refractivity contribution in [3.8, 4) is 0 Å². The lowest BCUT2D eigenvalue weighted by Crippen LogP contribution is -2.38. The molecule has 0 saturated heterocycles. The summed E-state index contributed by atoms with van der Waals surface area (Å²) in [6.07, 6.45) is 7.51. The number of aryl methyl sites for hydroxylation is 1. The highest BCUT2D eigenvalue weighted by Gasteiger charge is 2.31. The average Bonchev–Trinajstić information content (AvgIpc) is 3.46. The Balaban J connectivity index is 1.62. The summed E-state index contributed by atoms with van der Waals surface area (Å²) in [5, 5.41) is 4.72. The average molecular weight is 431 g/mol. The third-order valence-corrected chi connectivity index (χ3v) is 8.25. The maximum absolute atomic E-state index is 13.5. The maximum Gasteiger partial charge on any atom is 0.254 e. The van der Waals surface area contributed by atoms with Crippen LogP contribution in [0.3, 0.4) is 0 Å². The van der Waals surface area contributed by atoms with E-state index in [4.69, 9.17) is 5.10 Å². The summed E-state index contributed by atoms with van der Waals surface area (Å²) in [5.41, 5.74) is 4.13. The van der Waals surface area contributed by atoms with Gasteiger partial charge in [-0.25, -0.2) is 12.7 Å². The van der Waals surface area contributed by atoms with Gasteiger partial charge in [-0.05, 0) is 61.9 Å². The largest absolute Gasteiger partial charge is 0.330 e. The number of rotatable bonds is 6. The summed E-state index contributed by atoms with van der Waals surface area (Å²) in [4.78, 5) is 15.6. The Hall–Kier alpha value is -2.19. The van der Waals surface area contributed by atoms with Gasteiger partial charge in [-0.2, -0.15) is 5.10 Å². The minimum Gasteiger partial charge on any atom is -0.330 e. The number of fused-ring (bicyclic) bond motifs is 1. The van der Waals surface area contributed by atoms with Gasteiger partial charge >= 0.3 is 0 Å². The van der Waals surface area contributed by atoms with E-state index in [-0.39, 0.29) is 16.8 Å². The molecule has 8 heteroatoms. The number of carbonyl (C=O) groups excluding carboxylic acids is 1. The highest BCUT2D eigenvalue weighted by atomic mass is 32.2. The summed E-state index contributed by atoms with van der Waals surface area (Å²) in [6.45, 7) is 0.518. The molecule has 1 aromatic carbocycles. The molecule has 0 N–H and O–H groups in total. The van der Waals surface area contributed by atoms with Crippen molar-refractivity contribution in [3.63, 3.8) is 0 Å². The Morgan fingerprint density at radius 3 is 2.40 bits per heavy atom. The number of sulfonamides is 1. The summed E-state index contributed by atoms with van der Waals surface area (Å²) in [6, 6.07) is 6.51. The molecule has 0 aliphatic heterocycles. The molecule has 0 atom stereocenters. The number of carbonyl (C=O) groups is 1. The SMILES string of the molecule is CN(C)S(=O)(=O)c1ccc(C(=O)N(Cc2nn(C)c3c2CCC3)C2CCCC2)cc1. The molecule has 1 aromatic heterocycles. The van der Waals surface area contributed by atoms with Crippen molar-refractivity contribution in [1.82, 2.24) is 19.0 Å². The first-order valence-corrected chi connectivity index (χ1v) is 12.1. The molecule has 0 bridgehead atoms. The van der Waals surface area contributed by atoms with E-state index >= 15 is 0 Å². The Morgan fingerprint density at radius 2 is 1.77 bits per heavy atom. The number of hydrogen-bond acceptors (Lipinski definition) is 4. The Morgan fingerprint density at radius 1 is 1.10 bits per heavy atom. The monoisotopic (exact) mass is 430 g/mol. The molecular formula is C22H30N4O3S. The van der Waals surface area contributed by atoms with Crippen LogP contribution in [0.1, 0.15) is 59.4 Å². The first-order chi connectivity index (χ1) is 14.3. The van der Waals surface area contributed by atoms with Crippen molar-refractivity contribution in [2.45, 2.75) is 62.4 Å². The van der Waals surface area contributed by atoms with Crippen LogP contribution in [-0.2, 0) is 36.5 Å². The van der Waals surface area contributed by atoms with E-state index in [1.807, 2.05) is 16.6 Å². The van der Waals surface area contributed by atoms with Gasteiger partial charge in [-0.1, -0.05) is 12.8 Å². The van der Waals surface area contributed by atoms with E-state index in [1.54, 1.807) is 12.1 Å². The summed E-state index contributed by atoms with van der Waals surface area (Å²) < 4.78 is 27.8. The van der Waals surface area contributed by atoms with Crippen LogP contribution in [0, 0.1) is 0 Å². The molecule has 0 radical (unpaired) electrons. The van der Waals surface area contributed by atoms with Crippen molar-refractivity contribution < 1.29 is 13.2 Å². The molecule has 4 rings (SSSR count). The van der Waals surface area contributed by atoms with Gasteiger partial charge in [0, 0.05) is 38.4 Å². The molecule has 1 fully saturated rings. The van der Waals surface area contributed by atoms with Gasteiger partial charge < -0.3 is 4.90 Å². The van der Waals surface area contributed by atoms with Crippen molar-refractivity contribution >= 4 is 15.9 Å². The number of amides is 1. The molecule has 7 nitrogen and oxygen atoms in total. The maximum atomic E-state index is 13.5. The van der Waals surface area contributed by atoms with E-state index in [2.05, 4.69) is 0 Å². The lowest BCUT2D eigenvalue weighted by molar-refractivity contribution is 0.0660. The second kappa shape index (κ2) is 8.15.